The van der Waals surface area contributed by atoms with Crippen molar-refractivity contribution < 1.29 is 8.78 Å². The van der Waals surface area contributed by atoms with Crippen LogP contribution in [0.5, 0.6) is 0 Å². The van der Waals surface area contributed by atoms with Crippen LogP contribution in [0.25, 0.3) is 0 Å². The Bertz CT molecular complexity index is 177. The fraction of sp³-hybridized carbons (Fsp3) is 1.00. The van der Waals surface area contributed by atoms with E-state index >= 15 is 0 Å². The number of hydrogen-bond donors (Lipinski definition) is 1. The minimum absolute atomic E-state index is 0.100. The fourth-order valence-corrected chi connectivity index (χ4v) is 1.69. The van der Waals surface area contributed by atoms with Gasteiger partial charge in [-0.15, -0.1) is 0 Å². The highest BCUT2D eigenvalue weighted by Crippen LogP contribution is 2.21. The first kappa shape index (κ1) is 11.9. The number of rotatable bonds is 5. The Kier molecular flexibility index (Phi) is 3.84. The molecule has 0 aliphatic carbocycles. The summed E-state index contributed by atoms with van der Waals surface area (Å²) in [6.07, 6.45) is 0. The van der Waals surface area contributed by atoms with Crippen LogP contribution in [-0.2, 0) is 0 Å². The highest BCUT2D eigenvalue weighted by Gasteiger charge is 2.35. The molecule has 0 unspecified atom stereocenters. The average molecular weight is 206 g/mol. The van der Waals surface area contributed by atoms with Gasteiger partial charge in [-0.3, -0.25) is 4.90 Å². The van der Waals surface area contributed by atoms with E-state index in [1.54, 1.807) is 0 Å². The zero-order chi connectivity index (χ0) is 10.8. The van der Waals surface area contributed by atoms with Crippen LogP contribution in [0.2, 0.25) is 0 Å². The summed E-state index contributed by atoms with van der Waals surface area (Å²) in [7, 11) is 0. The van der Waals surface area contributed by atoms with Crippen LogP contribution in [0.4, 0.5) is 8.78 Å². The van der Waals surface area contributed by atoms with Gasteiger partial charge >= 0.3 is 0 Å². The first-order valence-corrected chi connectivity index (χ1v) is 5.22. The molecule has 0 aromatic rings. The summed E-state index contributed by atoms with van der Waals surface area (Å²) in [5.74, 6) is -2.01. The maximum absolute atomic E-state index is 13.3. The second kappa shape index (κ2) is 4.53. The summed E-state index contributed by atoms with van der Waals surface area (Å²) >= 11 is 0. The zero-order valence-corrected chi connectivity index (χ0v) is 9.19. The summed E-state index contributed by atoms with van der Waals surface area (Å²) in [4.78, 5) is 1.81. The van der Waals surface area contributed by atoms with Crippen LogP contribution in [0.3, 0.4) is 0 Å². The van der Waals surface area contributed by atoms with E-state index in [0.717, 1.165) is 13.1 Å². The van der Waals surface area contributed by atoms with Crippen molar-refractivity contribution in [1.29, 1.82) is 0 Å². The quantitative estimate of drug-likeness (QED) is 0.734. The highest BCUT2D eigenvalue weighted by molar-refractivity contribution is 4.83. The van der Waals surface area contributed by atoms with E-state index in [1.807, 2.05) is 18.7 Å². The van der Waals surface area contributed by atoms with E-state index in [0.29, 0.717) is 5.92 Å². The highest BCUT2D eigenvalue weighted by atomic mass is 19.3. The third-order valence-corrected chi connectivity index (χ3v) is 2.36. The van der Waals surface area contributed by atoms with Gasteiger partial charge in [0.25, 0.3) is 5.92 Å². The van der Waals surface area contributed by atoms with Crippen molar-refractivity contribution in [3.63, 3.8) is 0 Å². The Labute approximate surface area is 84.7 Å². The number of nitrogens with zero attached hydrogens (tertiary/aromatic N) is 1. The van der Waals surface area contributed by atoms with Crippen LogP contribution < -0.4 is 5.32 Å². The van der Waals surface area contributed by atoms with E-state index in [4.69, 9.17) is 0 Å². The molecule has 0 amide bonds. The average Bonchev–Trinajstić information content (AvgIpc) is 1.98. The summed E-state index contributed by atoms with van der Waals surface area (Å²) in [5.41, 5.74) is 0. The van der Waals surface area contributed by atoms with Gasteiger partial charge in [0.2, 0.25) is 0 Å². The molecule has 0 atom stereocenters. The molecule has 0 aromatic heterocycles. The molecule has 1 aliphatic rings. The Morgan fingerprint density at radius 3 is 2.43 bits per heavy atom. The maximum atomic E-state index is 13.3. The van der Waals surface area contributed by atoms with Crippen molar-refractivity contribution in [2.24, 2.45) is 5.92 Å². The SMILES string of the molecule is CC1CN(CC(F)(F)CNC(C)C)C1. The van der Waals surface area contributed by atoms with Crippen LogP contribution in [-0.4, -0.2) is 43.0 Å². The lowest BCUT2D eigenvalue weighted by Crippen LogP contribution is -2.53. The summed E-state index contributed by atoms with van der Waals surface area (Å²) in [6, 6.07) is 0.121. The Hall–Kier alpha value is -0.220. The third kappa shape index (κ3) is 3.88. The van der Waals surface area contributed by atoms with Gasteiger partial charge < -0.3 is 5.32 Å². The van der Waals surface area contributed by atoms with Gasteiger partial charge in [0.15, 0.2) is 0 Å². The molecule has 2 nitrogen and oxygen atoms in total. The van der Waals surface area contributed by atoms with Crippen LogP contribution >= 0.6 is 0 Å². The van der Waals surface area contributed by atoms with Crippen molar-refractivity contribution in [2.75, 3.05) is 26.2 Å². The van der Waals surface area contributed by atoms with Crippen molar-refractivity contribution in [3.05, 3.63) is 0 Å². The second-order valence-corrected chi connectivity index (χ2v) is 4.69. The van der Waals surface area contributed by atoms with Crippen LogP contribution in [0.1, 0.15) is 20.8 Å². The predicted molar refractivity (Wildman–Crippen MR) is 53.7 cm³/mol. The third-order valence-electron chi connectivity index (χ3n) is 2.36. The first-order chi connectivity index (χ1) is 6.39. The lowest BCUT2D eigenvalue weighted by atomic mass is 10.0. The molecule has 1 saturated heterocycles. The van der Waals surface area contributed by atoms with Crippen molar-refractivity contribution in [3.8, 4) is 0 Å². The van der Waals surface area contributed by atoms with E-state index in [1.165, 1.54) is 0 Å². The Morgan fingerprint density at radius 2 is 2.00 bits per heavy atom. The monoisotopic (exact) mass is 206 g/mol. The molecule has 1 fully saturated rings. The second-order valence-electron chi connectivity index (χ2n) is 4.69. The van der Waals surface area contributed by atoms with Gasteiger partial charge in [0, 0.05) is 19.1 Å². The summed E-state index contributed by atoms with van der Waals surface area (Å²) in [6.45, 7) is 7.16. The van der Waals surface area contributed by atoms with Crippen molar-refractivity contribution >= 4 is 0 Å². The molecule has 1 N–H and O–H groups in total. The lowest BCUT2D eigenvalue weighted by molar-refractivity contribution is -0.0568. The van der Waals surface area contributed by atoms with Gasteiger partial charge in [-0.1, -0.05) is 20.8 Å². The molecule has 1 rings (SSSR count). The number of likely N-dealkylation sites (tertiary alicyclic amines) is 1. The smallest absolute Gasteiger partial charge is 0.272 e. The molecule has 0 spiro atoms. The fourth-order valence-electron chi connectivity index (χ4n) is 1.69. The minimum Gasteiger partial charge on any atom is -0.309 e. The molecule has 84 valence electrons. The van der Waals surface area contributed by atoms with Gasteiger partial charge in [0.05, 0.1) is 13.1 Å². The molecule has 4 heteroatoms. The number of hydrogen-bond acceptors (Lipinski definition) is 2. The van der Waals surface area contributed by atoms with Gasteiger partial charge in [0.1, 0.15) is 0 Å². The number of halogens is 2. The van der Waals surface area contributed by atoms with Gasteiger partial charge in [-0.25, -0.2) is 8.78 Å². The van der Waals surface area contributed by atoms with E-state index in [2.05, 4.69) is 12.2 Å². The minimum atomic E-state index is -2.59. The van der Waals surface area contributed by atoms with E-state index < -0.39 is 5.92 Å². The van der Waals surface area contributed by atoms with Gasteiger partial charge in [-0.05, 0) is 5.92 Å². The molecule has 0 bridgehead atoms. The maximum Gasteiger partial charge on any atom is 0.272 e. The van der Waals surface area contributed by atoms with Crippen molar-refractivity contribution in [1.82, 2.24) is 10.2 Å². The summed E-state index contributed by atoms with van der Waals surface area (Å²) in [5, 5.41) is 2.77. The Balaban J connectivity index is 2.20. The van der Waals surface area contributed by atoms with Crippen molar-refractivity contribution in [2.45, 2.75) is 32.7 Å². The summed E-state index contributed by atoms with van der Waals surface area (Å²) < 4.78 is 26.6. The number of alkyl halides is 2. The molecule has 1 heterocycles. The molecule has 0 saturated carbocycles. The van der Waals surface area contributed by atoms with Crippen LogP contribution in [0, 0.1) is 5.92 Å². The first-order valence-electron chi connectivity index (χ1n) is 5.22. The molecule has 1 aliphatic heterocycles. The molecular weight excluding hydrogens is 186 g/mol. The van der Waals surface area contributed by atoms with E-state index in [9.17, 15) is 8.78 Å². The standard InChI is InChI=1S/C10H20F2N2/c1-8(2)13-6-10(11,12)7-14-4-9(3)5-14/h8-9,13H,4-7H2,1-3H3. The number of nitrogens with one attached hydrogen (secondary N) is 1. The lowest BCUT2D eigenvalue weighted by Gasteiger charge is -2.39. The van der Waals surface area contributed by atoms with Gasteiger partial charge in [-0.2, -0.15) is 0 Å². The Morgan fingerprint density at radius 1 is 1.43 bits per heavy atom. The largest absolute Gasteiger partial charge is 0.309 e. The topological polar surface area (TPSA) is 15.3 Å². The molecule has 0 radical (unpaired) electrons. The van der Waals surface area contributed by atoms with E-state index in [-0.39, 0.29) is 19.1 Å². The zero-order valence-electron chi connectivity index (χ0n) is 9.19. The molecule has 0 aromatic carbocycles. The normalized spacial score (nSPS) is 20.1. The molecule has 14 heavy (non-hydrogen) atoms. The van der Waals surface area contributed by atoms with Crippen LogP contribution in [0.15, 0.2) is 0 Å². The predicted octanol–water partition coefficient (Wildman–Crippen LogP) is 1.57. The molecular formula is C10H20F2N2.